The lowest BCUT2D eigenvalue weighted by molar-refractivity contribution is -0.168. The van der Waals surface area contributed by atoms with Gasteiger partial charge in [-0.1, -0.05) is 5.16 Å². The minimum atomic E-state index is -0.676. The average molecular weight is 348 g/mol. The highest BCUT2D eigenvalue weighted by atomic mass is 16.7. The first-order chi connectivity index (χ1) is 12.0. The zero-order valence-electron chi connectivity index (χ0n) is 14.9. The Morgan fingerprint density at radius 2 is 2.12 bits per heavy atom. The van der Waals surface area contributed by atoms with E-state index in [1.807, 2.05) is 38.4 Å². The van der Waals surface area contributed by atoms with Gasteiger partial charge in [-0.3, -0.25) is 4.68 Å². The van der Waals surface area contributed by atoms with E-state index in [1.165, 1.54) is 0 Å². The molecule has 2 bridgehead atoms. The van der Waals surface area contributed by atoms with Crippen molar-refractivity contribution in [3.63, 3.8) is 0 Å². The SMILES string of the molecule is Cc1cc(C)n(C2C3OCC(O3)C(NCc3c(C)noc3C)C2O)n1. The summed E-state index contributed by atoms with van der Waals surface area (Å²) in [6, 6.07) is 1.34. The van der Waals surface area contributed by atoms with Crippen molar-refractivity contribution in [2.24, 2.45) is 0 Å². The second kappa shape index (κ2) is 6.21. The fourth-order valence-electron chi connectivity index (χ4n) is 3.84. The largest absolute Gasteiger partial charge is 0.389 e. The first kappa shape index (κ1) is 16.7. The Morgan fingerprint density at radius 1 is 1.32 bits per heavy atom. The van der Waals surface area contributed by atoms with Crippen LogP contribution >= 0.6 is 0 Å². The van der Waals surface area contributed by atoms with E-state index in [0.717, 1.165) is 28.4 Å². The van der Waals surface area contributed by atoms with Crippen molar-refractivity contribution in [2.45, 2.75) is 64.8 Å². The number of aryl methyl sites for hydroxylation is 4. The zero-order chi connectivity index (χ0) is 17.7. The van der Waals surface area contributed by atoms with Crippen LogP contribution in [-0.2, 0) is 16.0 Å². The summed E-state index contributed by atoms with van der Waals surface area (Å²) in [6.07, 6.45) is -1.34. The van der Waals surface area contributed by atoms with Crippen LogP contribution in [0, 0.1) is 27.7 Å². The van der Waals surface area contributed by atoms with Crippen LogP contribution in [0.5, 0.6) is 0 Å². The minimum Gasteiger partial charge on any atom is -0.389 e. The zero-order valence-corrected chi connectivity index (χ0v) is 14.9. The fourth-order valence-corrected chi connectivity index (χ4v) is 3.84. The molecule has 0 spiro atoms. The van der Waals surface area contributed by atoms with Gasteiger partial charge in [-0.2, -0.15) is 5.10 Å². The third kappa shape index (κ3) is 2.79. The normalized spacial score (nSPS) is 31.6. The summed E-state index contributed by atoms with van der Waals surface area (Å²) in [5.74, 6) is 0.784. The van der Waals surface area contributed by atoms with Gasteiger partial charge < -0.3 is 24.4 Å². The Bertz CT molecular complexity index is 751. The van der Waals surface area contributed by atoms with Gasteiger partial charge in [0, 0.05) is 17.8 Å². The van der Waals surface area contributed by atoms with Crippen LogP contribution in [0.15, 0.2) is 10.6 Å². The van der Waals surface area contributed by atoms with Crippen LogP contribution < -0.4 is 5.32 Å². The van der Waals surface area contributed by atoms with Crippen molar-refractivity contribution in [3.05, 3.63) is 34.5 Å². The van der Waals surface area contributed by atoms with E-state index in [0.29, 0.717) is 13.2 Å². The number of fused-ring (bicyclic) bond motifs is 2. The third-order valence-corrected chi connectivity index (χ3v) is 5.15. The molecule has 4 heterocycles. The molecular formula is C17H24N4O4. The number of nitrogens with zero attached hydrogens (tertiary/aromatic N) is 3. The van der Waals surface area contributed by atoms with Crippen molar-refractivity contribution in [1.82, 2.24) is 20.3 Å². The molecule has 5 unspecified atom stereocenters. The van der Waals surface area contributed by atoms with Gasteiger partial charge in [0.2, 0.25) is 0 Å². The lowest BCUT2D eigenvalue weighted by Gasteiger charge is -2.39. The lowest BCUT2D eigenvalue weighted by atomic mass is 9.95. The van der Waals surface area contributed by atoms with E-state index in [2.05, 4.69) is 15.6 Å². The number of rotatable bonds is 4. The molecule has 0 aliphatic carbocycles. The topological polar surface area (TPSA) is 94.6 Å². The van der Waals surface area contributed by atoms with E-state index in [-0.39, 0.29) is 18.2 Å². The Balaban J connectivity index is 1.57. The van der Waals surface area contributed by atoms with Crippen LogP contribution in [0.2, 0.25) is 0 Å². The van der Waals surface area contributed by atoms with E-state index < -0.39 is 12.4 Å². The molecule has 2 aliphatic heterocycles. The van der Waals surface area contributed by atoms with Gasteiger partial charge in [0.1, 0.15) is 17.9 Å². The predicted molar refractivity (Wildman–Crippen MR) is 88.0 cm³/mol. The standard InChI is InChI=1S/C17H24N4O4/c1-8-5-9(2)21(19-8)15-16(22)14(13-7-23-17(15)24-13)18-6-12-10(3)20-25-11(12)4/h5,13-18,22H,6-7H2,1-4H3. The maximum absolute atomic E-state index is 11.0. The van der Waals surface area contributed by atoms with E-state index in [9.17, 15) is 5.11 Å². The van der Waals surface area contributed by atoms with Crippen molar-refractivity contribution in [2.75, 3.05) is 6.61 Å². The number of nitrogens with one attached hydrogen (secondary N) is 1. The second-order valence-electron chi connectivity index (χ2n) is 6.94. The second-order valence-corrected chi connectivity index (χ2v) is 6.94. The van der Waals surface area contributed by atoms with Crippen molar-refractivity contribution in [3.8, 4) is 0 Å². The maximum atomic E-state index is 11.0. The maximum Gasteiger partial charge on any atom is 0.183 e. The van der Waals surface area contributed by atoms with Gasteiger partial charge in [-0.05, 0) is 33.8 Å². The molecule has 2 aromatic heterocycles. The molecule has 2 aromatic rings. The summed E-state index contributed by atoms with van der Waals surface area (Å²) in [4.78, 5) is 0. The number of aliphatic hydroxyl groups is 1. The molecule has 25 heavy (non-hydrogen) atoms. The number of aliphatic hydroxyl groups excluding tert-OH is 1. The van der Waals surface area contributed by atoms with Crippen molar-refractivity contribution >= 4 is 0 Å². The van der Waals surface area contributed by atoms with Crippen molar-refractivity contribution in [1.29, 1.82) is 0 Å². The number of hydrogen-bond acceptors (Lipinski definition) is 7. The molecule has 0 saturated carbocycles. The minimum absolute atomic E-state index is 0.186. The third-order valence-electron chi connectivity index (χ3n) is 5.15. The van der Waals surface area contributed by atoms with Crippen LogP contribution in [0.25, 0.3) is 0 Å². The molecule has 0 radical (unpaired) electrons. The van der Waals surface area contributed by atoms with E-state index in [4.69, 9.17) is 14.0 Å². The first-order valence-electron chi connectivity index (χ1n) is 8.58. The molecule has 2 saturated heterocycles. The Morgan fingerprint density at radius 3 is 2.76 bits per heavy atom. The van der Waals surface area contributed by atoms with E-state index >= 15 is 0 Å². The monoisotopic (exact) mass is 348 g/mol. The summed E-state index contributed by atoms with van der Waals surface area (Å²) >= 11 is 0. The number of ether oxygens (including phenoxy) is 2. The Labute approximate surface area is 146 Å². The average Bonchev–Trinajstić information content (AvgIpc) is 3.22. The van der Waals surface area contributed by atoms with Gasteiger partial charge in [0.25, 0.3) is 0 Å². The molecule has 8 nitrogen and oxygen atoms in total. The number of aromatic nitrogens is 3. The first-order valence-corrected chi connectivity index (χ1v) is 8.58. The molecule has 0 aromatic carbocycles. The summed E-state index contributed by atoms with van der Waals surface area (Å²) in [6.45, 7) is 8.71. The van der Waals surface area contributed by atoms with Gasteiger partial charge >= 0.3 is 0 Å². The van der Waals surface area contributed by atoms with Crippen LogP contribution in [0.4, 0.5) is 0 Å². The van der Waals surface area contributed by atoms with Gasteiger partial charge in [0.15, 0.2) is 6.29 Å². The molecule has 4 rings (SSSR count). The highest BCUT2D eigenvalue weighted by molar-refractivity contribution is 5.21. The van der Waals surface area contributed by atoms with Crippen molar-refractivity contribution < 1.29 is 19.1 Å². The Kier molecular flexibility index (Phi) is 4.15. The molecule has 2 aliphatic rings. The van der Waals surface area contributed by atoms with E-state index in [1.54, 1.807) is 0 Å². The summed E-state index contributed by atoms with van der Waals surface area (Å²) in [5, 5.41) is 22.9. The highest BCUT2D eigenvalue weighted by Gasteiger charge is 2.51. The molecular weight excluding hydrogens is 324 g/mol. The van der Waals surface area contributed by atoms with Gasteiger partial charge in [0.05, 0.1) is 30.1 Å². The fraction of sp³-hybridized carbons (Fsp3) is 0.647. The predicted octanol–water partition coefficient (Wildman–Crippen LogP) is 0.920. The summed E-state index contributed by atoms with van der Waals surface area (Å²) in [5.41, 5.74) is 3.75. The molecule has 2 N–H and O–H groups in total. The summed E-state index contributed by atoms with van der Waals surface area (Å²) in [7, 11) is 0. The van der Waals surface area contributed by atoms with Crippen LogP contribution in [-0.4, -0.2) is 51.2 Å². The van der Waals surface area contributed by atoms with Gasteiger partial charge in [-0.25, -0.2) is 0 Å². The summed E-state index contributed by atoms with van der Waals surface area (Å²) < 4.78 is 18.8. The van der Waals surface area contributed by atoms with Gasteiger partial charge in [-0.15, -0.1) is 0 Å². The highest BCUT2D eigenvalue weighted by Crippen LogP contribution is 2.36. The van der Waals surface area contributed by atoms with Crippen LogP contribution in [0.1, 0.15) is 34.4 Å². The van der Waals surface area contributed by atoms with Crippen LogP contribution in [0.3, 0.4) is 0 Å². The number of hydrogen-bond donors (Lipinski definition) is 2. The molecule has 0 amide bonds. The lowest BCUT2D eigenvalue weighted by Crippen LogP contribution is -2.57. The quantitative estimate of drug-likeness (QED) is 0.848. The molecule has 8 heteroatoms. The molecule has 136 valence electrons. The smallest absolute Gasteiger partial charge is 0.183 e. The molecule has 5 atom stereocenters. The molecule has 2 fully saturated rings. The Hall–Kier alpha value is -1.74.